The summed E-state index contributed by atoms with van der Waals surface area (Å²) in [4.78, 5) is 11.4. The molecule has 0 radical (unpaired) electrons. The Morgan fingerprint density at radius 1 is 1.35 bits per heavy atom. The first-order chi connectivity index (χ1) is 8.13. The highest BCUT2D eigenvalue weighted by atomic mass is 35.5. The van der Waals surface area contributed by atoms with E-state index in [1.165, 1.54) is 0 Å². The van der Waals surface area contributed by atoms with Crippen LogP contribution in [-0.4, -0.2) is 17.9 Å². The normalized spacial score (nSPS) is 19.8. The molecule has 1 saturated carbocycles. The maximum absolute atomic E-state index is 11.4. The molecule has 0 amide bonds. The van der Waals surface area contributed by atoms with Gasteiger partial charge in [-0.05, 0) is 30.5 Å². The fraction of sp³-hybridized carbons (Fsp3) is 0.417. The van der Waals surface area contributed by atoms with Crippen LogP contribution in [0.25, 0.3) is 0 Å². The number of carbonyl (C=O) groups is 1. The van der Waals surface area contributed by atoms with Crippen LogP contribution in [0.4, 0.5) is 0 Å². The molecule has 3 rings (SSSR count). The number of rotatable bonds is 2. The molecule has 90 valence electrons. The Morgan fingerprint density at radius 3 is 2.71 bits per heavy atom. The van der Waals surface area contributed by atoms with Gasteiger partial charge in [-0.3, -0.25) is 4.79 Å². The van der Waals surface area contributed by atoms with Gasteiger partial charge in [0.15, 0.2) is 11.5 Å². The number of halogens is 1. The van der Waals surface area contributed by atoms with Gasteiger partial charge in [0.1, 0.15) is 0 Å². The molecule has 2 aliphatic rings. The zero-order valence-corrected chi connectivity index (χ0v) is 9.79. The molecule has 4 nitrogen and oxygen atoms in total. The Hall–Kier alpha value is -1.42. The van der Waals surface area contributed by atoms with Crippen LogP contribution in [0.2, 0.25) is 5.02 Å². The Labute approximate surface area is 103 Å². The number of hydrogen-bond acceptors (Lipinski definition) is 3. The van der Waals surface area contributed by atoms with Crippen LogP contribution >= 0.6 is 11.6 Å². The van der Waals surface area contributed by atoms with Crippen molar-refractivity contribution in [1.29, 1.82) is 0 Å². The van der Waals surface area contributed by atoms with Crippen molar-refractivity contribution in [2.24, 2.45) is 0 Å². The van der Waals surface area contributed by atoms with E-state index in [1.54, 1.807) is 12.1 Å². The summed E-state index contributed by atoms with van der Waals surface area (Å²) in [5.74, 6) is 0.258. The van der Waals surface area contributed by atoms with Gasteiger partial charge in [-0.15, -0.1) is 0 Å². The minimum atomic E-state index is -0.793. The molecule has 1 heterocycles. The number of carboxylic acid groups (broad SMARTS) is 1. The monoisotopic (exact) mass is 254 g/mol. The summed E-state index contributed by atoms with van der Waals surface area (Å²) in [5.41, 5.74) is -0.0737. The van der Waals surface area contributed by atoms with Gasteiger partial charge < -0.3 is 14.6 Å². The first-order valence-electron chi connectivity index (χ1n) is 5.46. The average molecular weight is 255 g/mol. The fourth-order valence-electron chi connectivity index (χ4n) is 2.40. The van der Waals surface area contributed by atoms with Crippen molar-refractivity contribution in [2.45, 2.75) is 24.7 Å². The van der Waals surface area contributed by atoms with E-state index in [2.05, 4.69) is 0 Å². The first kappa shape index (κ1) is 10.7. The molecule has 0 unspecified atom stereocenters. The molecule has 1 aliphatic heterocycles. The summed E-state index contributed by atoms with van der Waals surface area (Å²) in [6.45, 7) is 0.137. The summed E-state index contributed by atoms with van der Waals surface area (Å²) in [6, 6.07) is 3.42. The van der Waals surface area contributed by atoms with E-state index in [9.17, 15) is 9.90 Å². The van der Waals surface area contributed by atoms with Gasteiger partial charge in [0.25, 0.3) is 0 Å². The van der Waals surface area contributed by atoms with Crippen molar-refractivity contribution in [3.8, 4) is 11.5 Å². The van der Waals surface area contributed by atoms with Gasteiger partial charge in [0.05, 0.1) is 10.4 Å². The lowest BCUT2D eigenvalue weighted by Crippen LogP contribution is -2.42. The summed E-state index contributed by atoms with van der Waals surface area (Å²) >= 11 is 6.07. The van der Waals surface area contributed by atoms with Crippen molar-refractivity contribution in [3.05, 3.63) is 22.7 Å². The molecule has 5 heteroatoms. The summed E-state index contributed by atoms with van der Waals surface area (Å²) in [6.07, 6.45) is 2.23. The molecule has 1 fully saturated rings. The van der Waals surface area contributed by atoms with Gasteiger partial charge in [-0.2, -0.15) is 0 Å². The largest absolute Gasteiger partial charge is 0.481 e. The van der Waals surface area contributed by atoms with E-state index in [-0.39, 0.29) is 6.79 Å². The van der Waals surface area contributed by atoms with Crippen LogP contribution in [0.5, 0.6) is 11.5 Å². The second-order valence-electron chi connectivity index (χ2n) is 4.43. The Bertz CT molecular complexity index is 494. The summed E-state index contributed by atoms with van der Waals surface area (Å²) < 4.78 is 10.5. The number of fused-ring (bicyclic) bond motifs is 1. The molecular formula is C12H11ClO4. The van der Waals surface area contributed by atoms with Crippen molar-refractivity contribution < 1.29 is 19.4 Å². The third-order valence-corrected chi connectivity index (χ3v) is 3.88. The number of carboxylic acids is 1. The lowest BCUT2D eigenvalue weighted by atomic mass is 9.64. The minimum absolute atomic E-state index is 0.137. The van der Waals surface area contributed by atoms with E-state index in [4.69, 9.17) is 21.1 Å². The van der Waals surface area contributed by atoms with E-state index in [0.29, 0.717) is 34.9 Å². The molecule has 0 saturated heterocycles. The Kier molecular flexibility index (Phi) is 2.23. The van der Waals surface area contributed by atoms with Crippen LogP contribution in [0.15, 0.2) is 12.1 Å². The highest BCUT2D eigenvalue weighted by molar-refractivity contribution is 6.32. The molecule has 1 N–H and O–H groups in total. The summed E-state index contributed by atoms with van der Waals surface area (Å²) in [7, 11) is 0. The molecule has 17 heavy (non-hydrogen) atoms. The lowest BCUT2D eigenvalue weighted by molar-refractivity contribution is -0.147. The number of benzene rings is 1. The maximum atomic E-state index is 11.4. The topological polar surface area (TPSA) is 55.8 Å². The molecule has 1 aromatic rings. The van der Waals surface area contributed by atoms with E-state index in [1.807, 2.05) is 0 Å². The second kappa shape index (κ2) is 3.53. The lowest BCUT2D eigenvalue weighted by Gasteiger charge is -2.38. The van der Waals surface area contributed by atoms with E-state index >= 15 is 0 Å². The van der Waals surface area contributed by atoms with Crippen LogP contribution < -0.4 is 9.47 Å². The fourth-order valence-corrected chi connectivity index (χ4v) is 2.67. The predicted molar refractivity (Wildman–Crippen MR) is 60.7 cm³/mol. The van der Waals surface area contributed by atoms with Crippen LogP contribution in [0.1, 0.15) is 24.8 Å². The highest BCUT2D eigenvalue weighted by Gasteiger charge is 2.46. The third kappa shape index (κ3) is 1.40. The minimum Gasteiger partial charge on any atom is -0.481 e. The van der Waals surface area contributed by atoms with Gasteiger partial charge in [0.2, 0.25) is 6.79 Å². The van der Waals surface area contributed by atoms with Gasteiger partial charge in [0, 0.05) is 0 Å². The van der Waals surface area contributed by atoms with E-state index < -0.39 is 11.4 Å². The molecule has 0 bridgehead atoms. The van der Waals surface area contributed by atoms with Crippen molar-refractivity contribution in [3.63, 3.8) is 0 Å². The SMILES string of the molecule is O=C(O)C1(c2cc(Cl)c3c(c2)OCO3)CCC1. The molecule has 0 spiro atoms. The molecular weight excluding hydrogens is 244 g/mol. The predicted octanol–water partition coefficient (Wildman–Crippen LogP) is 2.58. The number of hydrogen-bond donors (Lipinski definition) is 1. The Balaban J connectivity index is 2.10. The second-order valence-corrected chi connectivity index (χ2v) is 4.84. The molecule has 1 aliphatic carbocycles. The Morgan fingerprint density at radius 2 is 2.12 bits per heavy atom. The summed E-state index contributed by atoms with van der Waals surface area (Å²) in [5, 5.41) is 9.78. The van der Waals surface area contributed by atoms with Gasteiger partial charge in [-0.25, -0.2) is 0 Å². The number of ether oxygens (including phenoxy) is 2. The maximum Gasteiger partial charge on any atom is 0.314 e. The molecule has 1 aromatic carbocycles. The average Bonchev–Trinajstić information content (AvgIpc) is 2.63. The van der Waals surface area contributed by atoms with Crippen molar-refractivity contribution in [1.82, 2.24) is 0 Å². The van der Waals surface area contributed by atoms with Gasteiger partial charge >= 0.3 is 5.97 Å². The van der Waals surface area contributed by atoms with Crippen LogP contribution in [-0.2, 0) is 10.2 Å². The quantitative estimate of drug-likeness (QED) is 0.881. The standard InChI is InChI=1S/C12H11ClO4/c13-8-4-7(5-9-10(8)17-6-16-9)12(11(14)15)2-1-3-12/h4-5H,1-3,6H2,(H,14,15). The van der Waals surface area contributed by atoms with Gasteiger partial charge in [-0.1, -0.05) is 18.0 Å². The van der Waals surface area contributed by atoms with Crippen molar-refractivity contribution >= 4 is 17.6 Å². The van der Waals surface area contributed by atoms with Crippen LogP contribution in [0, 0.1) is 0 Å². The number of aliphatic carboxylic acids is 1. The van der Waals surface area contributed by atoms with Crippen molar-refractivity contribution in [2.75, 3.05) is 6.79 Å². The molecule has 0 atom stereocenters. The first-order valence-corrected chi connectivity index (χ1v) is 5.84. The zero-order valence-electron chi connectivity index (χ0n) is 9.03. The highest BCUT2D eigenvalue weighted by Crippen LogP contribution is 2.49. The smallest absolute Gasteiger partial charge is 0.314 e. The third-order valence-electron chi connectivity index (χ3n) is 3.60. The molecule has 0 aromatic heterocycles. The van der Waals surface area contributed by atoms with E-state index in [0.717, 1.165) is 6.42 Å². The zero-order chi connectivity index (χ0) is 12.0. The van der Waals surface area contributed by atoms with Crippen LogP contribution in [0.3, 0.4) is 0 Å².